The molecule has 1 aliphatic heterocycles. The van der Waals surface area contributed by atoms with Gasteiger partial charge in [0.2, 0.25) is 6.10 Å². The summed E-state index contributed by atoms with van der Waals surface area (Å²) in [6, 6.07) is 8.72. The first-order valence-corrected chi connectivity index (χ1v) is 17.5. The minimum absolute atomic E-state index is 0.143. The van der Waals surface area contributed by atoms with Gasteiger partial charge in [-0.2, -0.15) is 0 Å². The third-order valence-electron chi connectivity index (χ3n) is 8.97. The number of rotatable bonds is 4. The Balaban J connectivity index is 2.16. The molecule has 9 heteroatoms. The number of hydrogen-bond donors (Lipinski definition) is 4. The van der Waals surface area contributed by atoms with Crippen LogP contribution in [0.2, 0.25) is 0 Å². The molecule has 0 aliphatic carbocycles. The first-order valence-electron chi connectivity index (χ1n) is 17.5. The van der Waals surface area contributed by atoms with E-state index in [1.54, 1.807) is 44.4 Å². The van der Waals surface area contributed by atoms with Crippen LogP contribution in [0.15, 0.2) is 54.1 Å². The molecule has 1 aromatic rings. The van der Waals surface area contributed by atoms with Gasteiger partial charge >= 0.3 is 5.97 Å². The van der Waals surface area contributed by atoms with Crippen molar-refractivity contribution in [1.29, 1.82) is 0 Å². The van der Waals surface area contributed by atoms with Crippen molar-refractivity contribution in [3.8, 4) is 0 Å². The number of amides is 1. The van der Waals surface area contributed by atoms with E-state index in [0.29, 0.717) is 49.6 Å². The van der Waals surface area contributed by atoms with Crippen LogP contribution in [0.25, 0.3) is 0 Å². The van der Waals surface area contributed by atoms with E-state index in [9.17, 15) is 29.7 Å². The average Bonchev–Trinajstić information content (AvgIpc) is 3.05. The molecule has 1 aromatic carbocycles. The Morgan fingerprint density at radius 2 is 1.62 bits per heavy atom. The summed E-state index contributed by atoms with van der Waals surface area (Å²) in [5.41, 5.74) is 1.47. The van der Waals surface area contributed by atoms with Crippen molar-refractivity contribution < 1.29 is 39.2 Å². The largest absolute Gasteiger partial charge is 0.447 e. The van der Waals surface area contributed by atoms with Crippen LogP contribution >= 0.6 is 0 Å². The van der Waals surface area contributed by atoms with E-state index >= 15 is 0 Å². The molecule has 0 radical (unpaired) electrons. The lowest BCUT2D eigenvalue weighted by molar-refractivity contribution is -0.160. The minimum atomic E-state index is -1.20. The van der Waals surface area contributed by atoms with Gasteiger partial charge in [0.25, 0.3) is 5.91 Å². The molecular weight excluding hydrogens is 598 g/mol. The number of β-amino-alcohol motifs (C(OH)–C–C–N with tert-alkyl or cyclic N) is 1. The van der Waals surface area contributed by atoms with Gasteiger partial charge in [-0.1, -0.05) is 82.2 Å². The highest BCUT2D eigenvalue weighted by Crippen LogP contribution is 2.24. The van der Waals surface area contributed by atoms with Crippen molar-refractivity contribution in [2.24, 2.45) is 17.8 Å². The van der Waals surface area contributed by atoms with Crippen molar-refractivity contribution >= 4 is 17.7 Å². The predicted molar refractivity (Wildman–Crippen MR) is 183 cm³/mol. The summed E-state index contributed by atoms with van der Waals surface area (Å²) in [6.45, 7) is 6.23. The number of carbonyl (C=O) groups excluding carboxylic acids is 3. The standard InChI is InChI=1S/C38H59NO8/c1-5-29-14-11-16-30(26-46-4)21-22-34(42)35(43)24-33(41)25-39-37(44)36(31-17-7-6-8-18-31)47-38(45)28(3)23-27(2)13-9-10-19-32(40)20-12-15-29/h6-8,11,14,16-18,27-29,33-36,41-43H,5,9-10,12-13,15,19-26H2,1-4H3,(H,39,44)/b14-11+,30-16-/t27-,28+,29+,33+,34-,35+,36+/m1/s1. The Bertz CT molecular complexity index is 1120. The van der Waals surface area contributed by atoms with Gasteiger partial charge in [0.05, 0.1) is 30.8 Å². The SMILES string of the molecule is CC[C@H]1/C=C/C=C(\COC)CC[C@@H](O)[C@@H](O)C[C@H](O)CNC(=O)[C@H](c2ccccc2)OC(=O)[C@@H](C)C[C@H](C)CCCCC(=O)CCC1. The number of nitrogens with one attached hydrogen (secondary N) is 1. The van der Waals surface area contributed by atoms with Gasteiger partial charge in [-0.3, -0.25) is 14.4 Å². The van der Waals surface area contributed by atoms with Crippen molar-refractivity contribution in [2.75, 3.05) is 20.3 Å². The van der Waals surface area contributed by atoms with Crippen LogP contribution in [-0.2, 0) is 23.9 Å². The van der Waals surface area contributed by atoms with Gasteiger partial charge in [-0.25, -0.2) is 0 Å². The van der Waals surface area contributed by atoms with E-state index in [1.165, 1.54) is 0 Å². The Morgan fingerprint density at radius 1 is 0.894 bits per heavy atom. The quantitative estimate of drug-likeness (QED) is 0.299. The normalized spacial score (nSPS) is 31.3. The number of aliphatic hydroxyl groups is 3. The fourth-order valence-corrected chi connectivity index (χ4v) is 5.98. The van der Waals surface area contributed by atoms with Crippen molar-refractivity contribution in [3.05, 3.63) is 59.7 Å². The Labute approximate surface area is 281 Å². The summed E-state index contributed by atoms with van der Waals surface area (Å²) in [6.07, 6.45) is 9.32. The summed E-state index contributed by atoms with van der Waals surface area (Å²) in [7, 11) is 1.61. The van der Waals surface area contributed by atoms with E-state index in [4.69, 9.17) is 9.47 Å². The molecule has 0 saturated heterocycles. The number of allylic oxidation sites excluding steroid dienone is 3. The average molecular weight is 658 g/mol. The second-order valence-electron chi connectivity index (χ2n) is 13.3. The van der Waals surface area contributed by atoms with Crippen LogP contribution in [0.1, 0.15) is 109 Å². The number of benzene rings is 1. The number of hydrogen-bond acceptors (Lipinski definition) is 8. The zero-order chi connectivity index (χ0) is 34.6. The number of aliphatic hydroxyl groups excluding tert-OH is 3. The lowest BCUT2D eigenvalue weighted by Gasteiger charge is -2.24. The lowest BCUT2D eigenvalue weighted by Crippen LogP contribution is -2.40. The molecule has 0 aromatic heterocycles. The van der Waals surface area contributed by atoms with Crippen LogP contribution < -0.4 is 5.32 Å². The van der Waals surface area contributed by atoms with E-state index in [0.717, 1.165) is 44.1 Å². The number of methoxy groups -OCH3 is 1. The number of carbonyl (C=O) groups is 3. The first-order chi connectivity index (χ1) is 22.5. The Morgan fingerprint density at radius 3 is 2.32 bits per heavy atom. The molecule has 2 rings (SSSR count). The van der Waals surface area contributed by atoms with Gasteiger partial charge < -0.3 is 30.1 Å². The highest BCUT2D eigenvalue weighted by Gasteiger charge is 2.29. The number of ether oxygens (including phenoxy) is 2. The zero-order valence-corrected chi connectivity index (χ0v) is 28.9. The molecule has 0 spiro atoms. The van der Waals surface area contributed by atoms with E-state index in [2.05, 4.69) is 25.2 Å². The second kappa shape index (κ2) is 22.7. The molecule has 0 fully saturated rings. The van der Waals surface area contributed by atoms with Gasteiger partial charge in [0, 0.05) is 38.5 Å². The number of esters is 1. The summed E-state index contributed by atoms with van der Waals surface area (Å²) in [4.78, 5) is 38.9. The molecule has 4 N–H and O–H groups in total. The van der Waals surface area contributed by atoms with Crippen molar-refractivity contribution in [2.45, 2.75) is 122 Å². The fraction of sp³-hybridized carbons (Fsp3) is 0.658. The molecule has 0 bridgehead atoms. The first kappa shape index (κ1) is 40.3. The van der Waals surface area contributed by atoms with Crippen LogP contribution in [0.5, 0.6) is 0 Å². The number of ketones is 1. The van der Waals surface area contributed by atoms with Crippen LogP contribution in [0.3, 0.4) is 0 Å². The molecule has 264 valence electrons. The maximum Gasteiger partial charge on any atom is 0.309 e. The topological polar surface area (TPSA) is 142 Å². The molecule has 47 heavy (non-hydrogen) atoms. The van der Waals surface area contributed by atoms with E-state index < -0.39 is 42.2 Å². The van der Waals surface area contributed by atoms with Crippen LogP contribution in [0, 0.1) is 17.8 Å². The monoisotopic (exact) mass is 657 g/mol. The van der Waals surface area contributed by atoms with Crippen molar-refractivity contribution in [1.82, 2.24) is 5.32 Å². The summed E-state index contributed by atoms with van der Waals surface area (Å²) in [5, 5.41) is 34.5. The van der Waals surface area contributed by atoms with E-state index in [-0.39, 0.29) is 25.3 Å². The molecular formula is C38H59NO8. The summed E-state index contributed by atoms with van der Waals surface area (Å²) in [5.74, 6) is -0.589. The van der Waals surface area contributed by atoms with Gasteiger partial charge in [0.15, 0.2) is 0 Å². The van der Waals surface area contributed by atoms with Crippen LogP contribution in [-0.4, -0.2) is 71.6 Å². The fourth-order valence-electron chi connectivity index (χ4n) is 5.98. The smallest absolute Gasteiger partial charge is 0.309 e. The summed E-state index contributed by atoms with van der Waals surface area (Å²) >= 11 is 0. The number of Topliss-reactive ketones (excluding diaryl/α,β-unsaturated/α-hetero) is 1. The highest BCUT2D eigenvalue weighted by molar-refractivity contribution is 5.85. The second-order valence-corrected chi connectivity index (χ2v) is 13.3. The van der Waals surface area contributed by atoms with Gasteiger partial charge in [-0.05, 0) is 62.4 Å². The summed E-state index contributed by atoms with van der Waals surface area (Å²) < 4.78 is 11.1. The molecule has 0 saturated carbocycles. The molecule has 1 aliphatic rings. The third-order valence-corrected chi connectivity index (χ3v) is 8.97. The number of cyclic esters (lactones) is 1. The molecule has 1 heterocycles. The van der Waals surface area contributed by atoms with Gasteiger partial charge in [-0.15, -0.1) is 0 Å². The molecule has 0 unspecified atom stereocenters. The minimum Gasteiger partial charge on any atom is -0.447 e. The Kier molecular flexibility index (Phi) is 19.5. The highest BCUT2D eigenvalue weighted by atomic mass is 16.5. The maximum absolute atomic E-state index is 13.2. The molecule has 7 atom stereocenters. The zero-order valence-electron chi connectivity index (χ0n) is 28.9. The maximum atomic E-state index is 13.2. The molecule has 9 nitrogen and oxygen atoms in total. The molecule has 1 amide bonds. The van der Waals surface area contributed by atoms with Crippen molar-refractivity contribution in [3.63, 3.8) is 0 Å². The van der Waals surface area contributed by atoms with E-state index in [1.807, 2.05) is 12.2 Å². The van der Waals surface area contributed by atoms with Gasteiger partial charge in [0.1, 0.15) is 5.78 Å². The third kappa shape index (κ3) is 16.2. The van der Waals surface area contributed by atoms with Crippen LogP contribution in [0.4, 0.5) is 0 Å². The predicted octanol–water partition coefficient (Wildman–Crippen LogP) is 5.77. The lowest BCUT2D eigenvalue weighted by atomic mass is 9.92. The Hall–Kier alpha value is -2.85.